The number of hydrogen-bond acceptors (Lipinski definition) is 4. The summed E-state index contributed by atoms with van der Waals surface area (Å²) in [7, 11) is 0. The van der Waals surface area contributed by atoms with E-state index in [1.165, 1.54) is 24.6 Å². The number of para-hydroxylation sites is 1. The van der Waals surface area contributed by atoms with Gasteiger partial charge in [0.15, 0.2) is 0 Å². The lowest BCUT2D eigenvalue weighted by Gasteiger charge is -2.21. The zero-order valence-electron chi connectivity index (χ0n) is 13.6. The van der Waals surface area contributed by atoms with Gasteiger partial charge in [-0.2, -0.15) is 0 Å². The molecule has 126 valence electrons. The molecule has 0 bridgehead atoms. The van der Waals surface area contributed by atoms with Gasteiger partial charge in [-0.15, -0.1) is 11.8 Å². The topological polar surface area (TPSA) is 75.4 Å². The van der Waals surface area contributed by atoms with Crippen molar-refractivity contribution in [2.24, 2.45) is 11.7 Å². The molecule has 0 unspecified atom stereocenters. The summed E-state index contributed by atoms with van der Waals surface area (Å²) in [6.07, 6.45) is 3.62. The highest BCUT2D eigenvalue weighted by Crippen LogP contribution is 2.30. The van der Waals surface area contributed by atoms with E-state index in [0.29, 0.717) is 6.54 Å². The zero-order valence-corrected chi connectivity index (χ0v) is 14.4. The maximum Gasteiger partial charge on any atom is 0.238 e. The predicted octanol–water partition coefficient (Wildman–Crippen LogP) is 2.32. The van der Waals surface area contributed by atoms with Gasteiger partial charge in [0, 0.05) is 11.4 Å². The summed E-state index contributed by atoms with van der Waals surface area (Å²) < 4.78 is 0. The van der Waals surface area contributed by atoms with E-state index < -0.39 is 0 Å². The number of anilines is 1. The largest absolute Gasteiger partial charge is 0.369 e. The van der Waals surface area contributed by atoms with Crippen molar-refractivity contribution in [3.05, 3.63) is 24.3 Å². The summed E-state index contributed by atoms with van der Waals surface area (Å²) in [5.74, 6) is 0.602. The third kappa shape index (κ3) is 6.62. The zero-order chi connectivity index (χ0) is 16.7. The summed E-state index contributed by atoms with van der Waals surface area (Å²) >= 11 is 1.34. The van der Waals surface area contributed by atoms with Crippen molar-refractivity contribution >= 4 is 29.3 Å². The number of carbonyl (C=O) groups is 2. The smallest absolute Gasteiger partial charge is 0.238 e. The van der Waals surface area contributed by atoms with E-state index in [1.54, 1.807) is 0 Å². The second-order valence-corrected chi connectivity index (χ2v) is 6.99. The van der Waals surface area contributed by atoms with Gasteiger partial charge >= 0.3 is 0 Å². The molecule has 2 rings (SSSR count). The van der Waals surface area contributed by atoms with E-state index in [0.717, 1.165) is 36.0 Å². The predicted molar refractivity (Wildman–Crippen MR) is 94.4 cm³/mol. The van der Waals surface area contributed by atoms with Gasteiger partial charge in [0.05, 0.1) is 18.0 Å². The molecule has 1 aliphatic rings. The number of hydrogen-bond donors (Lipinski definition) is 2. The number of primary amides is 1. The molecule has 5 nitrogen and oxygen atoms in total. The summed E-state index contributed by atoms with van der Waals surface area (Å²) in [4.78, 5) is 26.4. The minimum atomic E-state index is -0.366. The van der Waals surface area contributed by atoms with Crippen LogP contribution < -0.4 is 11.1 Å². The maximum absolute atomic E-state index is 12.3. The Balaban J connectivity index is 1.91. The molecule has 1 aliphatic carbocycles. The Morgan fingerprint density at radius 1 is 1.35 bits per heavy atom. The molecule has 0 saturated heterocycles. The highest BCUT2D eigenvalue weighted by atomic mass is 32.2. The molecule has 3 N–H and O–H groups in total. The normalized spacial score (nSPS) is 14.0. The standard InChI is InChI=1S/C17H25N3O2S/c1-2-9-20(10-13-7-8-13)11-17(22)19-14-5-3-4-6-15(14)23-12-16(18)21/h3-6,13H,2,7-12H2,1H3,(H2,18,21)(H,19,22). The first-order valence-corrected chi connectivity index (χ1v) is 9.09. The van der Waals surface area contributed by atoms with Crippen LogP contribution in [0.4, 0.5) is 5.69 Å². The fourth-order valence-corrected chi connectivity index (χ4v) is 3.20. The van der Waals surface area contributed by atoms with Crippen LogP contribution >= 0.6 is 11.8 Å². The Morgan fingerprint density at radius 3 is 2.74 bits per heavy atom. The van der Waals surface area contributed by atoms with Crippen LogP contribution in [0.1, 0.15) is 26.2 Å². The first-order valence-electron chi connectivity index (χ1n) is 8.10. The van der Waals surface area contributed by atoms with Crippen molar-refractivity contribution < 1.29 is 9.59 Å². The molecule has 0 atom stereocenters. The van der Waals surface area contributed by atoms with Gasteiger partial charge in [0.2, 0.25) is 11.8 Å². The molecule has 1 saturated carbocycles. The first kappa shape index (κ1) is 17.8. The van der Waals surface area contributed by atoms with E-state index in [-0.39, 0.29) is 17.6 Å². The average Bonchev–Trinajstić information content (AvgIpc) is 3.30. The first-order chi connectivity index (χ1) is 11.1. The number of nitrogens with one attached hydrogen (secondary N) is 1. The quantitative estimate of drug-likeness (QED) is 0.644. The number of benzene rings is 1. The molecule has 0 heterocycles. The van der Waals surface area contributed by atoms with Crippen LogP contribution in [0.25, 0.3) is 0 Å². The van der Waals surface area contributed by atoms with Crippen LogP contribution in [0.5, 0.6) is 0 Å². The SMILES string of the molecule is CCCN(CC(=O)Nc1ccccc1SCC(N)=O)CC1CC1. The van der Waals surface area contributed by atoms with Crippen LogP contribution in [-0.4, -0.2) is 42.1 Å². The minimum absolute atomic E-state index is 0.00812. The van der Waals surface area contributed by atoms with Gasteiger partial charge in [0.25, 0.3) is 0 Å². The molecule has 1 fully saturated rings. The van der Waals surface area contributed by atoms with Crippen LogP contribution in [-0.2, 0) is 9.59 Å². The van der Waals surface area contributed by atoms with Crippen molar-refractivity contribution in [2.75, 3.05) is 30.7 Å². The third-order valence-corrected chi connectivity index (χ3v) is 4.75. The molecule has 0 radical (unpaired) electrons. The fraction of sp³-hybridized carbons (Fsp3) is 0.529. The highest BCUT2D eigenvalue weighted by molar-refractivity contribution is 8.00. The lowest BCUT2D eigenvalue weighted by Crippen LogP contribution is -2.35. The molecular formula is C17H25N3O2S. The van der Waals surface area contributed by atoms with Crippen molar-refractivity contribution in [2.45, 2.75) is 31.1 Å². The van der Waals surface area contributed by atoms with E-state index in [1.807, 2.05) is 24.3 Å². The van der Waals surface area contributed by atoms with Crippen LogP contribution in [0.2, 0.25) is 0 Å². The Morgan fingerprint density at radius 2 is 2.09 bits per heavy atom. The summed E-state index contributed by atoms with van der Waals surface area (Å²) in [6.45, 7) is 4.51. The summed E-state index contributed by atoms with van der Waals surface area (Å²) in [5, 5.41) is 2.96. The van der Waals surface area contributed by atoms with Crippen molar-refractivity contribution in [1.29, 1.82) is 0 Å². The van der Waals surface area contributed by atoms with Gasteiger partial charge < -0.3 is 11.1 Å². The average molecular weight is 335 g/mol. The molecule has 1 aromatic rings. The minimum Gasteiger partial charge on any atom is -0.369 e. The van der Waals surface area contributed by atoms with Crippen molar-refractivity contribution in [3.63, 3.8) is 0 Å². The van der Waals surface area contributed by atoms with E-state index in [2.05, 4.69) is 17.1 Å². The second-order valence-electron chi connectivity index (χ2n) is 5.98. The van der Waals surface area contributed by atoms with E-state index >= 15 is 0 Å². The third-order valence-electron chi connectivity index (χ3n) is 3.65. The maximum atomic E-state index is 12.3. The number of nitrogens with two attached hydrogens (primary N) is 1. The van der Waals surface area contributed by atoms with Crippen molar-refractivity contribution in [3.8, 4) is 0 Å². The van der Waals surface area contributed by atoms with Gasteiger partial charge in [-0.25, -0.2) is 0 Å². The molecule has 6 heteroatoms. The van der Waals surface area contributed by atoms with Crippen molar-refractivity contribution in [1.82, 2.24) is 4.90 Å². The summed E-state index contributed by atoms with van der Waals surface area (Å²) in [5.41, 5.74) is 5.93. The number of rotatable bonds is 10. The number of carbonyl (C=O) groups excluding carboxylic acids is 2. The van der Waals surface area contributed by atoms with Gasteiger partial charge in [0.1, 0.15) is 0 Å². The Kier molecular flexibility index (Phi) is 6.92. The highest BCUT2D eigenvalue weighted by Gasteiger charge is 2.25. The lowest BCUT2D eigenvalue weighted by molar-refractivity contribution is -0.117. The van der Waals surface area contributed by atoms with E-state index in [9.17, 15) is 9.59 Å². The Bertz CT molecular complexity index is 546. The molecular weight excluding hydrogens is 310 g/mol. The van der Waals surface area contributed by atoms with Crippen LogP contribution in [0.3, 0.4) is 0 Å². The molecule has 0 spiro atoms. The fourth-order valence-electron chi connectivity index (χ4n) is 2.45. The Labute approximate surface area is 142 Å². The number of nitrogens with zero attached hydrogens (tertiary/aromatic N) is 1. The monoisotopic (exact) mass is 335 g/mol. The Hall–Kier alpha value is -1.53. The van der Waals surface area contributed by atoms with Gasteiger partial charge in [-0.05, 0) is 43.9 Å². The molecule has 2 amide bonds. The van der Waals surface area contributed by atoms with Crippen LogP contribution in [0.15, 0.2) is 29.2 Å². The van der Waals surface area contributed by atoms with Gasteiger partial charge in [-0.3, -0.25) is 14.5 Å². The van der Waals surface area contributed by atoms with E-state index in [4.69, 9.17) is 5.73 Å². The second kappa shape index (κ2) is 8.93. The number of amides is 2. The summed E-state index contributed by atoms with van der Waals surface area (Å²) in [6, 6.07) is 7.50. The van der Waals surface area contributed by atoms with Crippen LogP contribution in [0, 0.1) is 5.92 Å². The molecule has 0 aromatic heterocycles. The van der Waals surface area contributed by atoms with Gasteiger partial charge in [-0.1, -0.05) is 19.1 Å². The number of thioether (sulfide) groups is 1. The molecule has 23 heavy (non-hydrogen) atoms. The molecule has 1 aromatic carbocycles. The molecule has 0 aliphatic heterocycles. The lowest BCUT2D eigenvalue weighted by atomic mass is 10.3.